The number of nitrogens with one attached hydrogen (secondary N) is 1. The van der Waals surface area contributed by atoms with Gasteiger partial charge in [0.2, 0.25) is 11.6 Å². The van der Waals surface area contributed by atoms with Crippen LogP contribution in [0.2, 0.25) is 0 Å². The second kappa shape index (κ2) is 5.82. The van der Waals surface area contributed by atoms with Crippen LogP contribution in [-0.4, -0.2) is 26.0 Å². The Morgan fingerprint density at radius 3 is 2.50 bits per heavy atom. The van der Waals surface area contributed by atoms with Crippen LogP contribution in [0.15, 0.2) is 64.4 Å². The summed E-state index contributed by atoms with van der Waals surface area (Å²) in [4.78, 5) is 14.4. The van der Waals surface area contributed by atoms with Gasteiger partial charge in [0.05, 0.1) is 4.91 Å². The van der Waals surface area contributed by atoms with Crippen LogP contribution in [-0.2, 0) is 4.79 Å². The summed E-state index contributed by atoms with van der Waals surface area (Å²) in [6.07, 6.45) is 5.28. The van der Waals surface area contributed by atoms with Crippen molar-refractivity contribution in [3.05, 3.63) is 65.3 Å². The van der Waals surface area contributed by atoms with Crippen LogP contribution in [0.4, 0.5) is 5.82 Å². The van der Waals surface area contributed by atoms with Crippen molar-refractivity contribution in [3.8, 4) is 5.82 Å². The maximum Gasteiger partial charge on any atom is 0.272 e. The summed E-state index contributed by atoms with van der Waals surface area (Å²) in [5.74, 6) is 0.239. The van der Waals surface area contributed by atoms with Crippen LogP contribution in [0.3, 0.4) is 0 Å². The van der Waals surface area contributed by atoms with Crippen LogP contribution in [0.25, 0.3) is 11.9 Å². The fourth-order valence-corrected chi connectivity index (χ4v) is 3.18. The summed E-state index contributed by atoms with van der Waals surface area (Å²) in [5, 5.41) is 15.9. The van der Waals surface area contributed by atoms with Crippen molar-refractivity contribution in [2.75, 3.05) is 4.90 Å². The molecule has 0 bridgehead atoms. The molecule has 0 saturated carbocycles. The number of anilines is 1. The largest absolute Gasteiger partial charge is 0.303 e. The Morgan fingerprint density at radius 2 is 1.75 bits per heavy atom. The molecule has 0 aliphatic carbocycles. The highest BCUT2D eigenvalue weighted by atomic mass is 32.2. The molecule has 0 radical (unpaired) electrons. The summed E-state index contributed by atoms with van der Waals surface area (Å²) in [6.45, 7) is 0. The Labute approximate surface area is 141 Å². The smallest absolute Gasteiger partial charge is 0.272 e. The first-order valence-corrected chi connectivity index (χ1v) is 7.89. The average molecular weight is 337 g/mol. The Morgan fingerprint density at radius 1 is 1.04 bits per heavy atom. The molecule has 1 N–H and O–H groups in total. The molecule has 1 fully saturated rings. The fourth-order valence-electron chi connectivity index (χ4n) is 2.34. The van der Waals surface area contributed by atoms with Crippen LogP contribution < -0.4 is 4.90 Å². The molecule has 0 atom stereocenters. The average Bonchev–Trinajstić information content (AvgIpc) is 3.30. The first kappa shape index (κ1) is 14.5. The second-order valence-corrected chi connectivity index (χ2v) is 6.00. The molecule has 0 unspecified atom stereocenters. The molecule has 24 heavy (non-hydrogen) atoms. The third-order valence-electron chi connectivity index (χ3n) is 3.44. The molecule has 4 rings (SSSR count). The highest BCUT2D eigenvalue weighted by Gasteiger charge is 2.37. The summed E-state index contributed by atoms with van der Waals surface area (Å²) in [7, 11) is 0. The number of aromatic nitrogens is 3. The zero-order chi connectivity index (χ0) is 16.5. The van der Waals surface area contributed by atoms with Gasteiger partial charge in [-0.3, -0.25) is 10.2 Å². The number of hydrogen-bond acceptors (Lipinski definition) is 6. The molecule has 8 heteroatoms. The Kier molecular flexibility index (Phi) is 3.51. The minimum atomic E-state index is -0.321. The summed E-state index contributed by atoms with van der Waals surface area (Å²) >= 11 is 1.08. The maximum absolute atomic E-state index is 12.7. The van der Waals surface area contributed by atoms with Gasteiger partial charge in [-0.05, 0) is 45.8 Å². The predicted octanol–water partition coefficient (Wildman–Crippen LogP) is 2.92. The fraction of sp³-hybridized carbons (Fsp3) is 0. The number of nitrogens with zero attached hydrogens (tertiary/aromatic N) is 4. The highest BCUT2D eigenvalue weighted by molar-refractivity contribution is 8.19. The number of thioether (sulfide) groups is 1. The quantitative estimate of drug-likeness (QED) is 0.742. The maximum atomic E-state index is 12.7. The SMILES string of the molecule is N=C1SC(=Cc2ccccc2)C(=O)N1c1nonc1-n1cccc1. The summed E-state index contributed by atoms with van der Waals surface area (Å²) < 4.78 is 6.47. The van der Waals surface area contributed by atoms with Gasteiger partial charge in [-0.2, -0.15) is 0 Å². The van der Waals surface area contributed by atoms with E-state index in [1.54, 1.807) is 23.0 Å². The molecule has 0 spiro atoms. The van der Waals surface area contributed by atoms with Crippen LogP contribution in [0, 0.1) is 5.41 Å². The molecule has 2 aromatic heterocycles. The molecule has 3 aromatic rings. The van der Waals surface area contributed by atoms with Gasteiger partial charge >= 0.3 is 0 Å². The number of rotatable bonds is 3. The third kappa shape index (κ3) is 2.42. The summed E-state index contributed by atoms with van der Waals surface area (Å²) in [6, 6.07) is 13.1. The van der Waals surface area contributed by atoms with Gasteiger partial charge < -0.3 is 4.57 Å². The van der Waals surface area contributed by atoms with E-state index < -0.39 is 0 Å². The first-order valence-electron chi connectivity index (χ1n) is 7.07. The lowest BCUT2D eigenvalue weighted by molar-refractivity contribution is -0.113. The van der Waals surface area contributed by atoms with Crippen molar-refractivity contribution in [1.82, 2.24) is 14.9 Å². The Hall–Kier alpha value is -3.13. The van der Waals surface area contributed by atoms with Crippen molar-refractivity contribution in [2.45, 2.75) is 0 Å². The number of amides is 1. The summed E-state index contributed by atoms with van der Waals surface area (Å²) in [5.41, 5.74) is 0.895. The zero-order valence-electron chi connectivity index (χ0n) is 12.3. The minimum Gasteiger partial charge on any atom is -0.303 e. The molecular formula is C16H11N5O2S. The topological polar surface area (TPSA) is 88.0 Å². The lowest BCUT2D eigenvalue weighted by Crippen LogP contribution is -2.29. The van der Waals surface area contributed by atoms with Gasteiger partial charge in [0.15, 0.2) is 5.17 Å². The van der Waals surface area contributed by atoms with E-state index in [1.165, 1.54) is 4.90 Å². The number of benzene rings is 1. The van der Waals surface area contributed by atoms with E-state index >= 15 is 0 Å². The van der Waals surface area contributed by atoms with E-state index in [0.717, 1.165) is 17.3 Å². The van der Waals surface area contributed by atoms with E-state index in [4.69, 9.17) is 10.0 Å². The molecule has 1 aromatic carbocycles. The van der Waals surface area contributed by atoms with Gasteiger partial charge in [-0.25, -0.2) is 9.53 Å². The third-order valence-corrected chi connectivity index (χ3v) is 4.32. The first-order chi connectivity index (χ1) is 11.7. The normalized spacial score (nSPS) is 16.3. The van der Waals surface area contributed by atoms with Crippen LogP contribution >= 0.6 is 11.8 Å². The number of hydrogen-bond donors (Lipinski definition) is 1. The van der Waals surface area contributed by atoms with Gasteiger partial charge in [-0.1, -0.05) is 30.3 Å². The van der Waals surface area contributed by atoms with Gasteiger partial charge in [0, 0.05) is 12.4 Å². The molecule has 1 amide bonds. The molecule has 7 nitrogen and oxygen atoms in total. The van der Waals surface area contributed by atoms with Crippen LogP contribution in [0.1, 0.15) is 5.56 Å². The monoisotopic (exact) mass is 337 g/mol. The van der Waals surface area contributed by atoms with Crippen LogP contribution in [0.5, 0.6) is 0 Å². The molecule has 1 aliphatic rings. The lowest BCUT2D eigenvalue weighted by Gasteiger charge is -2.11. The van der Waals surface area contributed by atoms with E-state index in [1.807, 2.05) is 42.5 Å². The van der Waals surface area contributed by atoms with E-state index in [-0.39, 0.29) is 16.9 Å². The van der Waals surface area contributed by atoms with Crippen molar-refractivity contribution >= 4 is 34.7 Å². The molecule has 1 aliphatic heterocycles. The van der Waals surface area contributed by atoms with E-state index in [0.29, 0.717) is 10.7 Å². The Balaban J connectivity index is 1.71. The van der Waals surface area contributed by atoms with Gasteiger partial charge in [-0.15, -0.1) is 0 Å². The van der Waals surface area contributed by atoms with Gasteiger partial charge in [0.1, 0.15) is 0 Å². The van der Waals surface area contributed by atoms with E-state index in [9.17, 15) is 4.79 Å². The zero-order valence-corrected chi connectivity index (χ0v) is 13.1. The second-order valence-electron chi connectivity index (χ2n) is 4.97. The van der Waals surface area contributed by atoms with E-state index in [2.05, 4.69) is 10.3 Å². The molecule has 3 heterocycles. The molecular weight excluding hydrogens is 326 g/mol. The predicted molar refractivity (Wildman–Crippen MR) is 90.8 cm³/mol. The molecule has 118 valence electrons. The molecule has 1 saturated heterocycles. The van der Waals surface area contributed by atoms with Gasteiger partial charge in [0.25, 0.3) is 5.91 Å². The Bertz CT molecular complexity index is 931. The number of carbonyl (C=O) groups is 1. The van der Waals surface area contributed by atoms with Crippen molar-refractivity contribution in [2.24, 2.45) is 0 Å². The number of amidine groups is 1. The highest BCUT2D eigenvalue weighted by Crippen LogP contribution is 2.36. The number of carbonyl (C=O) groups excluding carboxylic acids is 1. The lowest BCUT2D eigenvalue weighted by atomic mass is 10.2. The van der Waals surface area contributed by atoms with Crippen molar-refractivity contribution in [1.29, 1.82) is 5.41 Å². The van der Waals surface area contributed by atoms with Crippen molar-refractivity contribution < 1.29 is 9.42 Å². The minimum absolute atomic E-state index is 0.0614. The standard InChI is InChI=1S/C16H11N5O2S/c17-16-21(14-13(18-23-19-14)20-8-4-5-9-20)15(22)12(24-16)10-11-6-2-1-3-7-11/h1-10,17H. The van der Waals surface area contributed by atoms with Crippen molar-refractivity contribution in [3.63, 3.8) is 0 Å².